The molecule has 0 aliphatic carbocycles. The number of nitrogens with zero attached hydrogens (tertiary/aromatic N) is 4. The van der Waals surface area contributed by atoms with Crippen LogP contribution in [0.1, 0.15) is 42.1 Å². The highest BCUT2D eigenvalue weighted by molar-refractivity contribution is 6.31. The summed E-state index contributed by atoms with van der Waals surface area (Å²) >= 11 is 6.32. The van der Waals surface area contributed by atoms with Gasteiger partial charge in [0.15, 0.2) is 0 Å². The van der Waals surface area contributed by atoms with Crippen LogP contribution in [-0.4, -0.2) is 19.6 Å². The summed E-state index contributed by atoms with van der Waals surface area (Å²) in [6.07, 6.45) is 1.74. The smallest absolute Gasteiger partial charge is 0.265 e. The highest BCUT2D eigenvalue weighted by atomic mass is 35.5. The van der Waals surface area contributed by atoms with Crippen molar-refractivity contribution in [3.8, 4) is 5.69 Å². The van der Waals surface area contributed by atoms with E-state index in [1.54, 1.807) is 10.9 Å². The fraction of sp³-hybridized carbons (Fsp3) is 0.261. The quantitative estimate of drug-likeness (QED) is 0.478. The van der Waals surface area contributed by atoms with E-state index in [1.165, 1.54) is 10.2 Å². The van der Waals surface area contributed by atoms with Crippen LogP contribution in [0.4, 0.5) is 0 Å². The maximum Gasteiger partial charge on any atom is 0.293 e. The number of fused-ring (bicyclic) bond motifs is 1. The van der Waals surface area contributed by atoms with E-state index in [0.717, 1.165) is 27.9 Å². The molecule has 6 heteroatoms. The molecule has 0 unspecified atom stereocenters. The summed E-state index contributed by atoms with van der Waals surface area (Å²) in [6.45, 7) is 8.57. The summed E-state index contributed by atoms with van der Waals surface area (Å²) in [5, 5.41) is 10.6. The molecule has 2 aromatic heterocycles. The lowest BCUT2D eigenvalue weighted by Gasteiger charge is -2.13. The Morgan fingerprint density at radius 3 is 2.52 bits per heavy atom. The van der Waals surface area contributed by atoms with E-state index in [4.69, 9.17) is 11.6 Å². The topological polar surface area (TPSA) is 52.7 Å². The number of rotatable bonds is 4. The Labute approximate surface area is 174 Å². The molecule has 0 fully saturated rings. The number of aromatic nitrogens is 4. The van der Waals surface area contributed by atoms with Crippen molar-refractivity contribution in [3.05, 3.63) is 86.4 Å². The van der Waals surface area contributed by atoms with Crippen LogP contribution < -0.4 is 5.56 Å². The van der Waals surface area contributed by atoms with Gasteiger partial charge in [0.05, 0.1) is 24.1 Å². The average Bonchev–Trinajstić information content (AvgIpc) is 3.13. The van der Waals surface area contributed by atoms with Gasteiger partial charge in [-0.2, -0.15) is 10.2 Å². The normalized spacial score (nSPS) is 11.5. The Balaban J connectivity index is 1.96. The molecule has 0 atom stereocenters. The minimum absolute atomic E-state index is 0.146. The van der Waals surface area contributed by atoms with Gasteiger partial charge >= 0.3 is 0 Å². The van der Waals surface area contributed by atoms with Crippen LogP contribution in [0.2, 0.25) is 5.02 Å². The summed E-state index contributed by atoms with van der Waals surface area (Å²) in [6, 6.07) is 13.6. The Morgan fingerprint density at radius 2 is 1.83 bits per heavy atom. The third-order valence-electron chi connectivity index (χ3n) is 5.27. The number of halogens is 1. The number of aryl methyl sites for hydroxylation is 2. The van der Waals surface area contributed by atoms with Crippen molar-refractivity contribution in [3.63, 3.8) is 0 Å². The first-order valence-electron chi connectivity index (χ1n) is 9.66. The van der Waals surface area contributed by atoms with Gasteiger partial charge in [-0.3, -0.25) is 4.79 Å². The second-order valence-corrected chi connectivity index (χ2v) is 8.09. The molecule has 2 aromatic carbocycles. The molecule has 0 N–H and O–H groups in total. The molecule has 0 saturated heterocycles. The van der Waals surface area contributed by atoms with Gasteiger partial charge in [0.25, 0.3) is 5.56 Å². The van der Waals surface area contributed by atoms with Crippen molar-refractivity contribution in [1.29, 1.82) is 0 Å². The predicted octanol–water partition coefficient (Wildman–Crippen LogP) is 5.02. The molecule has 148 valence electrons. The SMILES string of the molecule is Cc1ccc(-n2ncc3c(C(C)C)nn(Cc4ccccc4Cl)c(=O)c32)cc1C. The monoisotopic (exact) mass is 406 g/mol. The van der Waals surface area contributed by atoms with E-state index in [9.17, 15) is 4.79 Å². The van der Waals surface area contributed by atoms with Gasteiger partial charge in [-0.1, -0.05) is 49.7 Å². The first-order valence-corrected chi connectivity index (χ1v) is 10.0. The third-order valence-corrected chi connectivity index (χ3v) is 5.64. The van der Waals surface area contributed by atoms with Gasteiger partial charge in [0, 0.05) is 10.4 Å². The molecule has 0 amide bonds. The first kappa shape index (κ1) is 19.4. The van der Waals surface area contributed by atoms with Crippen molar-refractivity contribution < 1.29 is 0 Å². The van der Waals surface area contributed by atoms with E-state index in [0.29, 0.717) is 17.1 Å². The molecule has 4 rings (SSSR count). The van der Waals surface area contributed by atoms with Crippen LogP contribution in [-0.2, 0) is 6.54 Å². The standard InChI is InChI=1S/C23H23ClN4O/c1-14(2)21-19-12-25-28(18-10-9-15(3)16(4)11-18)22(19)23(29)27(26-21)13-17-7-5-6-8-20(17)24/h5-12,14H,13H2,1-4H3. The van der Waals surface area contributed by atoms with Gasteiger partial charge in [-0.05, 0) is 54.7 Å². The summed E-state index contributed by atoms with van der Waals surface area (Å²) in [4.78, 5) is 13.4. The molecule has 0 aliphatic rings. The first-order chi connectivity index (χ1) is 13.9. The summed E-state index contributed by atoms with van der Waals surface area (Å²) in [7, 11) is 0. The summed E-state index contributed by atoms with van der Waals surface area (Å²) in [5.74, 6) is 0.146. The Bertz CT molecular complexity index is 1270. The lowest BCUT2D eigenvalue weighted by Crippen LogP contribution is -2.27. The number of hydrogen-bond acceptors (Lipinski definition) is 3. The Kier molecular flexibility index (Phi) is 5.01. The largest absolute Gasteiger partial charge is 0.293 e. The van der Waals surface area contributed by atoms with E-state index in [-0.39, 0.29) is 11.5 Å². The zero-order valence-electron chi connectivity index (χ0n) is 17.0. The van der Waals surface area contributed by atoms with Crippen LogP contribution in [0.15, 0.2) is 53.5 Å². The van der Waals surface area contributed by atoms with E-state index in [1.807, 2.05) is 36.4 Å². The van der Waals surface area contributed by atoms with E-state index >= 15 is 0 Å². The summed E-state index contributed by atoms with van der Waals surface area (Å²) < 4.78 is 3.22. The van der Waals surface area contributed by atoms with Gasteiger partial charge in [0.2, 0.25) is 0 Å². The lowest BCUT2D eigenvalue weighted by atomic mass is 10.1. The average molecular weight is 407 g/mol. The molecular weight excluding hydrogens is 384 g/mol. The molecule has 0 aliphatic heterocycles. The molecule has 0 radical (unpaired) electrons. The molecular formula is C23H23ClN4O. The second kappa shape index (κ2) is 7.48. The minimum atomic E-state index is -0.181. The van der Waals surface area contributed by atoms with Gasteiger partial charge in [-0.25, -0.2) is 9.36 Å². The van der Waals surface area contributed by atoms with Crippen LogP contribution in [0.5, 0.6) is 0 Å². The van der Waals surface area contributed by atoms with E-state index in [2.05, 4.69) is 44.0 Å². The van der Waals surface area contributed by atoms with Crippen molar-refractivity contribution in [2.45, 2.75) is 40.2 Å². The maximum absolute atomic E-state index is 13.4. The van der Waals surface area contributed by atoms with Crippen LogP contribution in [0.25, 0.3) is 16.6 Å². The molecule has 0 saturated carbocycles. The minimum Gasteiger partial charge on any atom is -0.265 e. The van der Waals surface area contributed by atoms with Crippen molar-refractivity contribution in [2.75, 3.05) is 0 Å². The molecule has 2 heterocycles. The molecule has 0 spiro atoms. The zero-order chi connectivity index (χ0) is 20.7. The molecule has 4 aromatic rings. The van der Waals surface area contributed by atoms with Crippen LogP contribution in [0.3, 0.4) is 0 Å². The predicted molar refractivity (Wildman–Crippen MR) is 117 cm³/mol. The Morgan fingerprint density at radius 1 is 1.07 bits per heavy atom. The highest BCUT2D eigenvalue weighted by Crippen LogP contribution is 2.24. The van der Waals surface area contributed by atoms with Crippen molar-refractivity contribution >= 4 is 22.5 Å². The highest BCUT2D eigenvalue weighted by Gasteiger charge is 2.19. The third kappa shape index (κ3) is 3.47. The molecule has 5 nitrogen and oxygen atoms in total. The lowest BCUT2D eigenvalue weighted by molar-refractivity contribution is 0.612. The number of benzene rings is 2. The number of hydrogen-bond donors (Lipinski definition) is 0. The van der Waals surface area contributed by atoms with Gasteiger partial charge < -0.3 is 0 Å². The second-order valence-electron chi connectivity index (χ2n) is 7.68. The fourth-order valence-electron chi connectivity index (χ4n) is 3.47. The molecule has 29 heavy (non-hydrogen) atoms. The van der Waals surface area contributed by atoms with Crippen molar-refractivity contribution in [1.82, 2.24) is 19.6 Å². The van der Waals surface area contributed by atoms with Crippen LogP contribution in [0, 0.1) is 13.8 Å². The maximum atomic E-state index is 13.4. The fourth-order valence-corrected chi connectivity index (χ4v) is 3.66. The zero-order valence-corrected chi connectivity index (χ0v) is 17.7. The van der Waals surface area contributed by atoms with Gasteiger partial charge in [0.1, 0.15) is 5.52 Å². The summed E-state index contributed by atoms with van der Waals surface area (Å²) in [5.41, 5.74) is 5.29. The van der Waals surface area contributed by atoms with E-state index < -0.39 is 0 Å². The van der Waals surface area contributed by atoms with Crippen LogP contribution >= 0.6 is 11.6 Å². The Hall–Kier alpha value is -2.92. The van der Waals surface area contributed by atoms with Crippen molar-refractivity contribution in [2.24, 2.45) is 0 Å². The molecule has 0 bridgehead atoms. The van der Waals surface area contributed by atoms with Gasteiger partial charge in [-0.15, -0.1) is 0 Å².